The molecule has 1 atom stereocenters. The van der Waals surface area contributed by atoms with E-state index in [-0.39, 0.29) is 0 Å². The van der Waals surface area contributed by atoms with E-state index in [1.165, 1.54) is 37.9 Å². The standard InChI is InChI=1S/C16H27N3/c1-18(13-15-9-6-12-19(15)2)11-5-8-14-7-3-4-10-16(14)17/h3-4,7,10,15H,5-6,8-9,11-13,17H2,1-2H3. The maximum absolute atomic E-state index is 5.97. The number of anilines is 1. The van der Waals surface area contributed by atoms with E-state index in [4.69, 9.17) is 5.73 Å². The van der Waals surface area contributed by atoms with Crippen LogP contribution in [-0.4, -0.2) is 49.6 Å². The van der Waals surface area contributed by atoms with E-state index < -0.39 is 0 Å². The molecule has 1 saturated heterocycles. The van der Waals surface area contributed by atoms with Crippen molar-refractivity contribution in [2.24, 2.45) is 0 Å². The highest BCUT2D eigenvalue weighted by atomic mass is 15.2. The summed E-state index contributed by atoms with van der Waals surface area (Å²) in [5.41, 5.74) is 8.18. The summed E-state index contributed by atoms with van der Waals surface area (Å²) in [5, 5.41) is 0. The van der Waals surface area contributed by atoms with Crippen LogP contribution >= 0.6 is 0 Å². The van der Waals surface area contributed by atoms with Crippen molar-refractivity contribution in [3.8, 4) is 0 Å². The Hall–Kier alpha value is -1.06. The van der Waals surface area contributed by atoms with Crippen molar-refractivity contribution in [1.29, 1.82) is 0 Å². The molecule has 1 heterocycles. The molecule has 1 aromatic carbocycles. The lowest BCUT2D eigenvalue weighted by atomic mass is 10.1. The number of likely N-dealkylation sites (N-methyl/N-ethyl adjacent to an activating group) is 2. The average Bonchev–Trinajstić information content (AvgIpc) is 2.77. The van der Waals surface area contributed by atoms with Crippen LogP contribution in [0.15, 0.2) is 24.3 Å². The molecule has 1 unspecified atom stereocenters. The van der Waals surface area contributed by atoms with Gasteiger partial charge in [0.15, 0.2) is 0 Å². The molecule has 2 rings (SSSR count). The van der Waals surface area contributed by atoms with E-state index >= 15 is 0 Å². The Bertz CT molecular complexity index is 391. The maximum atomic E-state index is 5.97. The molecule has 0 saturated carbocycles. The number of para-hydroxylation sites is 1. The Labute approximate surface area is 117 Å². The number of aryl methyl sites for hydroxylation is 1. The summed E-state index contributed by atoms with van der Waals surface area (Å²) >= 11 is 0. The molecule has 0 spiro atoms. The highest BCUT2D eigenvalue weighted by Gasteiger charge is 2.21. The van der Waals surface area contributed by atoms with Crippen LogP contribution in [0.3, 0.4) is 0 Å². The number of nitrogens with zero attached hydrogens (tertiary/aromatic N) is 2. The summed E-state index contributed by atoms with van der Waals surface area (Å²) < 4.78 is 0. The van der Waals surface area contributed by atoms with Gasteiger partial charge in [-0.05, 0) is 64.5 Å². The first-order valence-corrected chi connectivity index (χ1v) is 7.39. The molecule has 2 N–H and O–H groups in total. The van der Waals surface area contributed by atoms with Crippen molar-refractivity contribution in [2.45, 2.75) is 31.7 Å². The number of nitrogens with two attached hydrogens (primary N) is 1. The van der Waals surface area contributed by atoms with Crippen molar-refractivity contribution in [2.75, 3.05) is 39.5 Å². The van der Waals surface area contributed by atoms with Crippen LogP contribution in [-0.2, 0) is 6.42 Å². The minimum atomic E-state index is 0.756. The van der Waals surface area contributed by atoms with Gasteiger partial charge in [-0.15, -0.1) is 0 Å². The number of hydrogen-bond acceptors (Lipinski definition) is 3. The normalized spacial score (nSPS) is 20.3. The lowest BCUT2D eigenvalue weighted by Gasteiger charge is -2.25. The van der Waals surface area contributed by atoms with Crippen LogP contribution in [0.25, 0.3) is 0 Å². The van der Waals surface area contributed by atoms with Crippen molar-refractivity contribution >= 4 is 5.69 Å². The second kappa shape index (κ2) is 6.92. The molecule has 1 aliphatic heterocycles. The van der Waals surface area contributed by atoms with Crippen LogP contribution in [0.5, 0.6) is 0 Å². The van der Waals surface area contributed by atoms with Crippen LogP contribution in [0, 0.1) is 0 Å². The second-order valence-corrected chi connectivity index (χ2v) is 5.84. The molecule has 3 nitrogen and oxygen atoms in total. The van der Waals surface area contributed by atoms with Crippen molar-refractivity contribution < 1.29 is 0 Å². The largest absolute Gasteiger partial charge is 0.399 e. The van der Waals surface area contributed by atoms with Gasteiger partial charge in [-0.1, -0.05) is 18.2 Å². The molecule has 0 amide bonds. The predicted octanol–water partition coefficient (Wildman–Crippen LogP) is 2.23. The third kappa shape index (κ3) is 4.22. The van der Waals surface area contributed by atoms with E-state index in [0.717, 1.165) is 24.7 Å². The lowest BCUT2D eigenvalue weighted by molar-refractivity contribution is 0.219. The molecule has 3 heteroatoms. The average molecular weight is 261 g/mol. The monoisotopic (exact) mass is 261 g/mol. The van der Waals surface area contributed by atoms with Gasteiger partial charge in [-0.25, -0.2) is 0 Å². The zero-order valence-electron chi connectivity index (χ0n) is 12.3. The fourth-order valence-corrected chi connectivity index (χ4v) is 2.96. The number of rotatable bonds is 6. The summed E-state index contributed by atoms with van der Waals surface area (Å²) in [6.07, 6.45) is 4.97. The number of benzene rings is 1. The van der Waals surface area contributed by atoms with Gasteiger partial charge in [-0.2, -0.15) is 0 Å². The lowest BCUT2D eigenvalue weighted by Crippen LogP contribution is -2.37. The van der Waals surface area contributed by atoms with Gasteiger partial charge in [0, 0.05) is 18.3 Å². The molecule has 1 fully saturated rings. The van der Waals surface area contributed by atoms with Gasteiger partial charge < -0.3 is 15.5 Å². The highest BCUT2D eigenvalue weighted by molar-refractivity contribution is 5.46. The van der Waals surface area contributed by atoms with Crippen LogP contribution in [0.2, 0.25) is 0 Å². The Morgan fingerprint density at radius 3 is 2.84 bits per heavy atom. The molecule has 0 aromatic heterocycles. The minimum absolute atomic E-state index is 0.756. The van der Waals surface area contributed by atoms with Crippen LogP contribution < -0.4 is 5.73 Å². The number of nitrogen functional groups attached to an aromatic ring is 1. The third-order valence-electron chi connectivity index (χ3n) is 4.23. The first kappa shape index (κ1) is 14.4. The zero-order chi connectivity index (χ0) is 13.7. The topological polar surface area (TPSA) is 32.5 Å². The Morgan fingerprint density at radius 1 is 1.37 bits per heavy atom. The molecule has 0 aliphatic carbocycles. The van der Waals surface area contributed by atoms with Crippen molar-refractivity contribution in [1.82, 2.24) is 9.80 Å². The van der Waals surface area contributed by atoms with Crippen LogP contribution in [0.1, 0.15) is 24.8 Å². The summed E-state index contributed by atoms with van der Waals surface area (Å²) in [6, 6.07) is 8.96. The summed E-state index contributed by atoms with van der Waals surface area (Å²) in [4.78, 5) is 4.96. The Balaban J connectivity index is 1.69. The summed E-state index contributed by atoms with van der Waals surface area (Å²) in [5.74, 6) is 0. The van der Waals surface area contributed by atoms with Crippen molar-refractivity contribution in [3.63, 3.8) is 0 Å². The van der Waals surface area contributed by atoms with Gasteiger partial charge in [0.1, 0.15) is 0 Å². The van der Waals surface area contributed by atoms with Gasteiger partial charge in [0.2, 0.25) is 0 Å². The third-order valence-corrected chi connectivity index (χ3v) is 4.23. The van der Waals surface area contributed by atoms with Crippen molar-refractivity contribution in [3.05, 3.63) is 29.8 Å². The van der Waals surface area contributed by atoms with E-state index in [2.05, 4.69) is 36.0 Å². The van der Waals surface area contributed by atoms with Gasteiger partial charge >= 0.3 is 0 Å². The first-order chi connectivity index (χ1) is 9.16. The zero-order valence-corrected chi connectivity index (χ0v) is 12.3. The molecule has 1 aromatic rings. The molecule has 0 bridgehead atoms. The van der Waals surface area contributed by atoms with E-state index in [1.54, 1.807) is 0 Å². The summed E-state index contributed by atoms with van der Waals surface area (Å²) in [7, 11) is 4.48. The molecule has 19 heavy (non-hydrogen) atoms. The quantitative estimate of drug-likeness (QED) is 0.797. The number of likely N-dealkylation sites (tertiary alicyclic amines) is 1. The van der Waals surface area contributed by atoms with Gasteiger partial charge in [0.25, 0.3) is 0 Å². The first-order valence-electron chi connectivity index (χ1n) is 7.39. The predicted molar refractivity (Wildman–Crippen MR) is 82.3 cm³/mol. The fourth-order valence-electron chi connectivity index (χ4n) is 2.96. The number of hydrogen-bond donors (Lipinski definition) is 1. The summed E-state index contributed by atoms with van der Waals surface area (Å²) in [6.45, 7) is 3.61. The molecule has 0 radical (unpaired) electrons. The molecule has 106 valence electrons. The maximum Gasteiger partial charge on any atom is 0.0346 e. The van der Waals surface area contributed by atoms with E-state index in [0.29, 0.717) is 0 Å². The highest BCUT2D eigenvalue weighted by Crippen LogP contribution is 2.16. The van der Waals surface area contributed by atoms with E-state index in [1.807, 2.05) is 12.1 Å². The van der Waals surface area contributed by atoms with Gasteiger partial charge in [0.05, 0.1) is 0 Å². The molecular weight excluding hydrogens is 234 g/mol. The smallest absolute Gasteiger partial charge is 0.0346 e. The fraction of sp³-hybridized carbons (Fsp3) is 0.625. The van der Waals surface area contributed by atoms with E-state index in [9.17, 15) is 0 Å². The SMILES string of the molecule is CN(CCCc1ccccc1N)CC1CCCN1C. The second-order valence-electron chi connectivity index (χ2n) is 5.84. The van der Waals surface area contributed by atoms with Crippen LogP contribution in [0.4, 0.5) is 5.69 Å². The Kier molecular flexibility index (Phi) is 5.23. The molecule has 1 aliphatic rings. The van der Waals surface area contributed by atoms with Gasteiger partial charge in [-0.3, -0.25) is 0 Å². The molecular formula is C16H27N3. The Morgan fingerprint density at radius 2 is 2.16 bits per heavy atom. The minimum Gasteiger partial charge on any atom is -0.399 e.